The van der Waals surface area contributed by atoms with Gasteiger partial charge in [0, 0.05) is 0 Å². The summed E-state index contributed by atoms with van der Waals surface area (Å²) < 4.78 is 32.4. The number of rotatable bonds is 9. The summed E-state index contributed by atoms with van der Waals surface area (Å²) in [6.07, 6.45) is 2.25. The van der Waals surface area contributed by atoms with Crippen molar-refractivity contribution in [3.8, 4) is 0 Å². The van der Waals surface area contributed by atoms with E-state index in [0.717, 1.165) is 11.1 Å². The lowest BCUT2D eigenvalue weighted by atomic mass is 10.1. The highest BCUT2D eigenvalue weighted by Crippen LogP contribution is 2.13. The SMILES string of the molecule is CCOC(=O)[C@@H](NS(=O)(=O)c1ccc(C)cc1)[C@@H](O)/C=C/Cc1ccccc1. The minimum atomic E-state index is -4.01. The van der Waals surface area contributed by atoms with Gasteiger partial charge in [-0.25, -0.2) is 8.42 Å². The highest BCUT2D eigenvalue weighted by atomic mass is 32.2. The maximum Gasteiger partial charge on any atom is 0.327 e. The van der Waals surface area contributed by atoms with Gasteiger partial charge in [-0.1, -0.05) is 60.2 Å². The molecular formula is C21H25NO5S. The number of aliphatic hydroxyl groups is 1. The molecule has 0 aromatic heterocycles. The second-order valence-electron chi connectivity index (χ2n) is 6.27. The predicted octanol–water partition coefficient (Wildman–Crippen LogP) is 2.36. The first-order valence-corrected chi connectivity index (χ1v) is 10.5. The number of nitrogens with one attached hydrogen (secondary N) is 1. The second kappa shape index (κ2) is 10.2. The lowest BCUT2D eigenvalue weighted by Crippen LogP contribution is -2.48. The molecule has 2 atom stereocenters. The highest BCUT2D eigenvalue weighted by molar-refractivity contribution is 7.89. The van der Waals surface area contributed by atoms with Crippen molar-refractivity contribution in [2.24, 2.45) is 0 Å². The fourth-order valence-electron chi connectivity index (χ4n) is 2.51. The molecule has 7 heteroatoms. The van der Waals surface area contributed by atoms with Crippen molar-refractivity contribution in [1.29, 1.82) is 0 Å². The van der Waals surface area contributed by atoms with Gasteiger partial charge >= 0.3 is 5.97 Å². The van der Waals surface area contributed by atoms with E-state index in [1.54, 1.807) is 25.1 Å². The van der Waals surface area contributed by atoms with Crippen LogP contribution in [0.5, 0.6) is 0 Å². The Morgan fingerprint density at radius 2 is 1.79 bits per heavy atom. The zero-order valence-electron chi connectivity index (χ0n) is 15.9. The Kier molecular flexibility index (Phi) is 7.92. The van der Waals surface area contributed by atoms with Gasteiger partial charge in [0.1, 0.15) is 6.04 Å². The Labute approximate surface area is 165 Å². The summed E-state index contributed by atoms with van der Waals surface area (Å²) in [5, 5.41) is 10.4. The number of aryl methyl sites for hydroxylation is 1. The van der Waals surface area contributed by atoms with Crippen molar-refractivity contribution < 1.29 is 23.1 Å². The van der Waals surface area contributed by atoms with E-state index < -0.39 is 28.1 Å². The van der Waals surface area contributed by atoms with Crippen LogP contribution in [0.1, 0.15) is 18.1 Å². The van der Waals surface area contributed by atoms with Crippen LogP contribution >= 0.6 is 0 Å². The van der Waals surface area contributed by atoms with Crippen LogP contribution in [-0.2, 0) is 26.0 Å². The topological polar surface area (TPSA) is 92.7 Å². The van der Waals surface area contributed by atoms with Gasteiger partial charge in [-0.3, -0.25) is 4.79 Å². The van der Waals surface area contributed by atoms with Gasteiger partial charge in [0.05, 0.1) is 17.6 Å². The summed E-state index contributed by atoms with van der Waals surface area (Å²) in [5.74, 6) is -0.838. The highest BCUT2D eigenvalue weighted by Gasteiger charge is 2.31. The number of aliphatic hydroxyl groups excluding tert-OH is 1. The van der Waals surface area contributed by atoms with E-state index >= 15 is 0 Å². The van der Waals surface area contributed by atoms with Crippen LogP contribution in [0.2, 0.25) is 0 Å². The Morgan fingerprint density at radius 3 is 2.39 bits per heavy atom. The molecule has 2 N–H and O–H groups in total. The first-order chi connectivity index (χ1) is 13.3. The molecule has 0 spiro atoms. The van der Waals surface area contributed by atoms with E-state index in [2.05, 4.69) is 4.72 Å². The van der Waals surface area contributed by atoms with E-state index in [-0.39, 0.29) is 11.5 Å². The van der Waals surface area contributed by atoms with Crippen LogP contribution < -0.4 is 4.72 Å². The Balaban J connectivity index is 2.16. The molecule has 2 aromatic rings. The number of carbonyl (C=O) groups is 1. The van der Waals surface area contributed by atoms with Crippen molar-refractivity contribution >= 4 is 16.0 Å². The average molecular weight is 404 g/mol. The largest absolute Gasteiger partial charge is 0.465 e. The zero-order chi connectivity index (χ0) is 20.6. The number of sulfonamides is 1. The lowest BCUT2D eigenvalue weighted by molar-refractivity contribution is -0.147. The number of hydrogen-bond acceptors (Lipinski definition) is 5. The van der Waals surface area contributed by atoms with E-state index in [1.807, 2.05) is 37.3 Å². The number of benzene rings is 2. The summed E-state index contributed by atoms with van der Waals surface area (Å²) in [5.41, 5.74) is 1.93. The van der Waals surface area contributed by atoms with Crippen molar-refractivity contribution in [3.05, 3.63) is 77.9 Å². The van der Waals surface area contributed by atoms with Gasteiger partial charge in [0.25, 0.3) is 0 Å². The molecule has 0 radical (unpaired) electrons. The van der Waals surface area contributed by atoms with Gasteiger partial charge in [-0.2, -0.15) is 4.72 Å². The average Bonchev–Trinajstić information content (AvgIpc) is 2.67. The summed E-state index contributed by atoms with van der Waals surface area (Å²) in [6, 6.07) is 14.3. The Bertz CT molecular complexity index is 892. The van der Waals surface area contributed by atoms with E-state index in [9.17, 15) is 18.3 Å². The summed E-state index contributed by atoms with van der Waals surface area (Å²) in [7, 11) is -4.01. The minimum absolute atomic E-state index is 0.00728. The number of carbonyl (C=O) groups excluding carboxylic acids is 1. The van der Waals surface area contributed by atoms with Crippen molar-refractivity contribution in [3.63, 3.8) is 0 Å². The van der Waals surface area contributed by atoms with Gasteiger partial charge in [-0.15, -0.1) is 0 Å². The minimum Gasteiger partial charge on any atom is -0.465 e. The smallest absolute Gasteiger partial charge is 0.327 e. The maximum atomic E-state index is 12.6. The molecule has 0 fully saturated rings. The van der Waals surface area contributed by atoms with E-state index in [4.69, 9.17) is 4.74 Å². The fraction of sp³-hybridized carbons (Fsp3) is 0.286. The number of esters is 1. The first kappa shape index (κ1) is 21.8. The van der Waals surface area contributed by atoms with Crippen LogP contribution in [0, 0.1) is 6.92 Å². The molecule has 150 valence electrons. The van der Waals surface area contributed by atoms with Crippen LogP contribution in [0.3, 0.4) is 0 Å². The maximum absolute atomic E-state index is 12.6. The Morgan fingerprint density at radius 1 is 1.14 bits per heavy atom. The number of ether oxygens (including phenoxy) is 1. The third kappa shape index (κ3) is 6.30. The summed E-state index contributed by atoms with van der Waals surface area (Å²) in [6.45, 7) is 3.52. The fourth-order valence-corrected chi connectivity index (χ4v) is 3.71. The molecule has 0 saturated heterocycles. The number of allylic oxidation sites excluding steroid dienone is 1. The van der Waals surface area contributed by atoms with Gasteiger partial charge in [-0.05, 0) is 38.0 Å². The zero-order valence-corrected chi connectivity index (χ0v) is 16.7. The van der Waals surface area contributed by atoms with Crippen molar-refractivity contribution in [1.82, 2.24) is 4.72 Å². The van der Waals surface area contributed by atoms with E-state index in [0.29, 0.717) is 6.42 Å². The molecule has 28 heavy (non-hydrogen) atoms. The van der Waals surface area contributed by atoms with Gasteiger partial charge in [0.2, 0.25) is 10.0 Å². The monoisotopic (exact) mass is 403 g/mol. The Hall–Kier alpha value is -2.48. The van der Waals surface area contributed by atoms with E-state index in [1.165, 1.54) is 18.2 Å². The summed E-state index contributed by atoms with van der Waals surface area (Å²) in [4.78, 5) is 12.2. The third-order valence-corrected chi connectivity index (χ3v) is 5.48. The first-order valence-electron chi connectivity index (χ1n) is 8.98. The quantitative estimate of drug-likeness (QED) is 0.495. The van der Waals surface area contributed by atoms with Gasteiger partial charge < -0.3 is 9.84 Å². The van der Waals surface area contributed by atoms with Crippen LogP contribution in [0.4, 0.5) is 0 Å². The van der Waals surface area contributed by atoms with Crippen LogP contribution in [-0.4, -0.2) is 38.2 Å². The van der Waals surface area contributed by atoms with Gasteiger partial charge in [0.15, 0.2) is 0 Å². The molecule has 0 amide bonds. The molecule has 0 aliphatic rings. The molecule has 2 rings (SSSR count). The predicted molar refractivity (Wildman–Crippen MR) is 107 cm³/mol. The van der Waals surface area contributed by atoms with Crippen molar-refractivity contribution in [2.75, 3.05) is 6.61 Å². The molecule has 6 nitrogen and oxygen atoms in total. The molecule has 0 saturated carbocycles. The molecule has 2 aromatic carbocycles. The molecule has 0 aliphatic heterocycles. The van der Waals surface area contributed by atoms with Crippen molar-refractivity contribution in [2.45, 2.75) is 37.3 Å². The molecule has 0 unspecified atom stereocenters. The molecule has 0 heterocycles. The standard InChI is InChI=1S/C21H25NO5S/c1-3-27-21(24)20(19(23)11-7-10-17-8-5-4-6-9-17)22-28(25,26)18-14-12-16(2)13-15-18/h4-9,11-15,19-20,22-23H,3,10H2,1-2H3/b11-7+/t19-,20-/m0/s1. The van der Waals surface area contributed by atoms with Crippen LogP contribution in [0.15, 0.2) is 71.6 Å². The van der Waals surface area contributed by atoms with Crippen LogP contribution in [0.25, 0.3) is 0 Å². The number of hydrogen-bond donors (Lipinski definition) is 2. The third-order valence-electron chi connectivity index (χ3n) is 4.03. The lowest BCUT2D eigenvalue weighted by Gasteiger charge is -2.20. The molecule has 0 bridgehead atoms. The second-order valence-corrected chi connectivity index (χ2v) is 7.99. The molecule has 0 aliphatic carbocycles. The normalized spacial score (nSPS) is 14.0. The molecular weight excluding hydrogens is 378 g/mol. The summed E-state index contributed by atoms with van der Waals surface area (Å²) >= 11 is 0.